The lowest BCUT2D eigenvalue weighted by Gasteiger charge is -2.03. The molecule has 0 unspecified atom stereocenters. The van der Waals surface area contributed by atoms with Crippen LogP contribution in [0.5, 0.6) is 0 Å². The van der Waals surface area contributed by atoms with Crippen molar-refractivity contribution in [2.24, 2.45) is 5.73 Å². The van der Waals surface area contributed by atoms with E-state index in [1.807, 2.05) is 31.3 Å². The van der Waals surface area contributed by atoms with Crippen LogP contribution in [0.2, 0.25) is 0 Å². The van der Waals surface area contributed by atoms with Gasteiger partial charge in [0.1, 0.15) is 0 Å². The quantitative estimate of drug-likeness (QED) is 0.557. The predicted molar refractivity (Wildman–Crippen MR) is 47.0 cm³/mol. The largest absolute Gasteiger partial charge is 0.326 e. The fourth-order valence-electron chi connectivity index (χ4n) is 0.868. The van der Waals surface area contributed by atoms with Crippen molar-refractivity contribution in [1.82, 2.24) is 5.43 Å². The number of hydrazine groups is 1. The number of rotatable bonds is 3. The first-order valence-electron chi connectivity index (χ1n) is 3.58. The molecule has 60 valence electrons. The fraction of sp³-hybridized carbons (Fsp3) is 0.250. The topological polar surface area (TPSA) is 50.1 Å². The molecule has 3 heteroatoms. The molecule has 0 spiro atoms. The van der Waals surface area contributed by atoms with E-state index < -0.39 is 0 Å². The summed E-state index contributed by atoms with van der Waals surface area (Å²) in [5.74, 6) is 0. The SMILES string of the molecule is CNNc1ccc(CN)cc1. The zero-order valence-corrected chi connectivity index (χ0v) is 6.59. The number of hydrogen-bond acceptors (Lipinski definition) is 3. The third kappa shape index (κ3) is 2.22. The number of nitrogens with two attached hydrogens (primary N) is 1. The number of hydrogen-bond donors (Lipinski definition) is 3. The summed E-state index contributed by atoms with van der Waals surface area (Å²) in [6.45, 7) is 0.597. The molecule has 1 rings (SSSR count). The molecule has 0 aromatic heterocycles. The fourth-order valence-corrected chi connectivity index (χ4v) is 0.868. The highest BCUT2D eigenvalue weighted by Gasteiger charge is 1.89. The lowest BCUT2D eigenvalue weighted by molar-refractivity contribution is 0.982. The van der Waals surface area contributed by atoms with Crippen LogP contribution in [-0.4, -0.2) is 7.05 Å². The van der Waals surface area contributed by atoms with Crippen molar-refractivity contribution in [2.45, 2.75) is 6.54 Å². The zero-order chi connectivity index (χ0) is 8.10. The van der Waals surface area contributed by atoms with Gasteiger partial charge in [0.15, 0.2) is 0 Å². The van der Waals surface area contributed by atoms with Crippen molar-refractivity contribution in [2.75, 3.05) is 12.5 Å². The first-order valence-corrected chi connectivity index (χ1v) is 3.58. The Morgan fingerprint density at radius 1 is 1.27 bits per heavy atom. The van der Waals surface area contributed by atoms with Gasteiger partial charge in [-0.25, -0.2) is 5.43 Å². The Hall–Kier alpha value is -1.06. The van der Waals surface area contributed by atoms with Crippen LogP contribution in [0.15, 0.2) is 24.3 Å². The maximum Gasteiger partial charge on any atom is 0.0487 e. The molecule has 0 heterocycles. The van der Waals surface area contributed by atoms with Crippen LogP contribution in [-0.2, 0) is 6.54 Å². The summed E-state index contributed by atoms with van der Waals surface area (Å²) in [7, 11) is 1.83. The molecule has 0 aliphatic rings. The smallest absolute Gasteiger partial charge is 0.0487 e. The molecule has 11 heavy (non-hydrogen) atoms. The van der Waals surface area contributed by atoms with E-state index in [1.165, 1.54) is 0 Å². The number of benzene rings is 1. The van der Waals surface area contributed by atoms with Crippen LogP contribution < -0.4 is 16.6 Å². The third-order valence-electron chi connectivity index (χ3n) is 1.46. The molecule has 0 saturated heterocycles. The molecule has 4 N–H and O–H groups in total. The van der Waals surface area contributed by atoms with E-state index in [9.17, 15) is 0 Å². The van der Waals surface area contributed by atoms with E-state index in [-0.39, 0.29) is 0 Å². The summed E-state index contributed by atoms with van der Waals surface area (Å²) in [5, 5.41) is 0. The minimum Gasteiger partial charge on any atom is -0.326 e. The van der Waals surface area contributed by atoms with E-state index in [4.69, 9.17) is 5.73 Å². The van der Waals surface area contributed by atoms with Gasteiger partial charge in [0.05, 0.1) is 0 Å². The minimum atomic E-state index is 0.597. The second-order valence-electron chi connectivity index (χ2n) is 2.28. The molecule has 1 aromatic rings. The Balaban J connectivity index is 2.66. The molecule has 0 fully saturated rings. The van der Waals surface area contributed by atoms with Crippen LogP contribution in [0.25, 0.3) is 0 Å². The van der Waals surface area contributed by atoms with Crippen LogP contribution in [0.1, 0.15) is 5.56 Å². The molecule has 0 radical (unpaired) electrons. The van der Waals surface area contributed by atoms with Gasteiger partial charge in [-0.1, -0.05) is 12.1 Å². The van der Waals surface area contributed by atoms with E-state index in [1.54, 1.807) is 0 Å². The van der Waals surface area contributed by atoms with Crippen molar-refractivity contribution >= 4 is 5.69 Å². The molecule has 0 atom stereocenters. The van der Waals surface area contributed by atoms with Crippen molar-refractivity contribution < 1.29 is 0 Å². The molecule has 3 nitrogen and oxygen atoms in total. The Morgan fingerprint density at radius 2 is 1.91 bits per heavy atom. The summed E-state index contributed by atoms with van der Waals surface area (Å²) in [6, 6.07) is 7.97. The molecule has 0 bridgehead atoms. The van der Waals surface area contributed by atoms with Crippen molar-refractivity contribution in [3.63, 3.8) is 0 Å². The van der Waals surface area contributed by atoms with Gasteiger partial charge in [-0.2, -0.15) is 0 Å². The summed E-state index contributed by atoms with van der Waals surface area (Å²) in [5.41, 5.74) is 13.4. The third-order valence-corrected chi connectivity index (χ3v) is 1.46. The van der Waals surface area contributed by atoms with Gasteiger partial charge in [-0.05, 0) is 17.7 Å². The second kappa shape index (κ2) is 3.95. The summed E-state index contributed by atoms with van der Waals surface area (Å²) < 4.78 is 0. The second-order valence-corrected chi connectivity index (χ2v) is 2.28. The normalized spacial score (nSPS) is 9.64. The minimum absolute atomic E-state index is 0.597. The molecule has 0 aliphatic carbocycles. The Labute approximate surface area is 66.6 Å². The Bertz CT molecular complexity index is 205. The van der Waals surface area contributed by atoms with Gasteiger partial charge in [-0.3, -0.25) is 0 Å². The lowest BCUT2D eigenvalue weighted by Crippen LogP contribution is -2.14. The molecule has 1 aromatic carbocycles. The lowest BCUT2D eigenvalue weighted by atomic mass is 10.2. The maximum atomic E-state index is 5.44. The summed E-state index contributed by atoms with van der Waals surface area (Å²) in [6.07, 6.45) is 0. The molecule has 0 aliphatic heterocycles. The van der Waals surface area contributed by atoms with Crippen molar-refractivity contribution in [3.05, 3.63) is 29.8 Å². The number of nitrogens with one attached hydrogen (secondary N) is 2. The van der Waals surface area contributed by atoms with Crippen molar-refractivity contribution in [1.29, 1.82) is 0 Å². The Kier molecular flexibility index (Phi) is 2.89. The van der Waals surface area contributed by atoms with Crippen LogP contribution in [0.4, 0.5) is 5.69 Å². The molecular formula is C8H13N3. The summed E-state index contributed by atoms with van der Waals surface area (Å²) in [4.78, 5) is 0. The van der Waals surface area contributed by atoms with Crippen LogP contribution in [0, 0.1) is 0 Å². The van der Waals surface area contributed by atoms with E-state index in [0.29, 0.717) is 6.54 Å². The molecule has 0 saturated carbocycles. The maximum absolute atomic E-state index is 5.44. The van der Waals surface area contributed by atoms with Crippen molar-refractivity contribution in [3.8, 4) is 0 Å². The highest BCUT2D eigenvalue weighted by atomic mass is 15.3. The first kappa shape index (κ1) is 8.04. The highest BCUT2D eigenvalue weighted by Crippen LogP contribution is 2.06. The summed E-state index contributed by atoms with van der Waals surface area (Å²) >= 11 is 0. The molecule has 0 amide bonds. The van der Waals surface area contributed by atoms with Gasteiger partial charge >= 0.3 is 0 Å². The van der Waals surface area contributed by atoms with E-state index in [2.05, 4.69) is 10.9 Å². The van der Waals surface area contributed by atoms with Gasteiger partial charge < -0.3 is 11.2 Å². The monoisotopic (exact) mass is 151 g/mol. The van der Waals surface area contributed by atoms with E-state index in [0.717, 1.165) is 11.3 Å². The zero-order valence-electron chi connectivity index (χ0n) is 6.59. The highest BCUT2D eigenvalue weighted by molar-refractivity contribution is 5.43. The predicted octanol–water partition coefficient (Wildman–Crippen LogP) is 0.692. The standard InChI is InChI=1S/C8H13N3/c1-10-11-8-4-2-7(6-9)3-5-8/h2-5,10-11H,6,9H2,1H3. The molecular weight excluding hydrogens is 138 g/mol. The van der Waals surface area contributed by atoms with Gasteiger partial charge in [0.2, 0.25) is 0 Å². The Morgan fingerprint density at radius 3 is 2.36 bits per heavy atom. The van der Waals surface area contributed by atoms with Gasteiger partial charge in [-0.15, -0.1) is 0 Å². The van der Waals surface area contributed by atoms with Gasteiger partial charge in [0.25, 0.3) is 0 Å². The van der Waals surface area contributed by atoms with Gasteiger partial charge in [0, 0.05) is 19.3 Å². The van der Waals surface area contributed by atoms with Crippen LogP contribution in [0.3, 0.4) is 0 Å². The average Bonchev–Trinajstić information content (AvgIpc) is 2.07. The average molecular weight is 151 g/mol. The van der Waals surface area contributed by atoms with E-state index >= 15 is 0 Å². The number of anilines is 1. The first-order chi connectivity index (χ1) is 5.36. The van der Waals surface area contributed by atoms with Crippen LogP contribution >= 0.6 is 0 Å².